The summed E-state index contributed by atoms with van der Waals surface area (Å²) in [5, 5.41) is 5.58. The Morgan fingerprint density at radius 2 is 2.00 bits per heavy atom. The molecule has 130 valence electrons. The van der Waals surface area contributed by atoms with Crippen LogP contribution in [-0.4, -0.2) is 35.5 Å². The van der Waals surface area contributed by atoms with Crippen molar-refractivity contribution in [2.24, 2.45) is 0 Å². The van der Waals surface area contributed by atoms with Crippen molar-refractivity contribution in [3.63, 3.8) is 0 Å². The molecule has 3 amide bonds. The standard InChI is InChI=1S/C18H19N3O3S/c1-25(24)12-13-3-2-4-14(11-13)17(22)20-15-5-7-16(8-6-15)21-10-9-19-18(21)23/h2-8,11H,9-10,12H2,1H3,(H,19,23)(H,20,22)/t25-/m0/s1. The van der Waals surface area contributed by atoms with Crippen LogP contribution in [0.4, 0.5) is 16.2 Å². The molecule has 3 rings (SSSR count). The summed E-state index contributed by atoms with van der Waals surface area (Å²) in [4.78, 5) is 25.7. The van der Waals surface area contributed by atoms with E-state index in [9.17, 15) is 13.8 Å². The summed E-state index contributed by atoms with van der Waals surface area (Å²) in [7, 11) is -0.952. The van der Waals surface area contributed by atoms with Crippen molar-refractivity contribution in [1.29, 1.82) is 0 Å². The summed E-state index contributed by atoms with van der Waals surface area (Å²) < 4.78 is 11.3. The minimum Gasteiger partial charge on any atom is -0.336 e. The number of hydrogen-bond acceptors (Lipinski definition) is 3. The lowest BCUT2D eigenvalue weighted by atomic mass is 10.1. The molecule has 25 heavy (non-hydrogen) atoms. The maximum absolute atomic E-state index is 12.4. The Morgan fingerprint density at radius 3 is 2.64 bits per heavy atom. The minimum absolute atomic E-state index is 0.109. The fourth-order valence-electron chi connectivity index (χ4n) is 2.68. The van der Waals surface area contributed by atoms with E-state index in [1.54, 1.807) is 53.6 Å². The maximum atomic E-state index is 12.4. The Bertz CT molecular complexity index is 821. The number of nitrogens with one attached hydrogen (secondary N) is 2. The zero-order valence-corrected chi connectivity index (χ0v) is 14.6. The van der Waals surface area contributed by atoms with Gasteiger partial charge in [0.15, 0.2) is 0 Å². The van der Waals surface area contributed by atoms with Crippen molar-refractivity contribution in [2.75, 3.05) is 29.6 Å². The maximum Gasteiger partial charge on any atom is 0.321 e. The van der Waals surface area contributed by atoms with E-state index in [0.29, 0.717) is 30.1 Å². The molecule has 2 N–H and O–H groups in total. The van der Waals surface area contributed by atoms with Crippen LogP contribution in [0.5, 0.6) is 0 Å². The monoisotopic (exact) mass is 357 g/mol. The van der Waals surface area contributed by atoms with Gasteiger partial charge in [-0.05, 0) is 42.0 Å². The van der Waals surface area contributed by atoms with Gasteiger partial charge in [0.2, 0.25) is 0 Å². The molecule has 0 radical (unpaired) electrons. The van der Waals surface area contributed by atoms with Crippen molar-refractivity contribution in [1.82, 2.24) is 5.32 Å². The smallest absolute Gasteiger partial charge is 0.321 e. The highest BCUT2D eigenvalue weighted by Gasteiger charge is 2.20. The van der Waals surface area contributed by atoms with Crippen LogP contribution in [0.3, 0.4) is 0 Å². The van der Waals surface area contributed by atoms with Gasteiger partial charge in [-0.15, -0.1) is 0 Å². The van der Waals surface area contributed by atoms with Gasteiger partial charge in [-0.3, -0.25) is 13.9 Å². The Labute approximate surface area is 148 Å². The SMILES string of the molecule is C[S@](=O)Cc1cccc(C(=O)Nc2ccc(N3CCNC3=O)cc2)c1. The summed E-state index contributed by atoms with van der Waals surface area (Å²) in [6.45, 7) is 1.27. The molecule has 1 aliphatic rings. The van der Waals surface area contributed by atoms with Crippen LogP contribution in [0, 0.1) is 0 Å². The van der Waals surface area contributed by atoms with Crippen LogP contribution in [0.25, 0.3) is 0 Å². The van der Waals surface area contributed by atoms with Gasteiger partial charge < -0.3 is 10.6 Å². The molecule has 2 aromatic rings. The first-order chi connectivity index (χ1) is 12.0. The number of carbonyl (C=O) groups is 2. The molecule has 0 spiro atoms. The molecule has 0 aliphatic carbocycles. The third kappa shape index (κ3) is 4.24. The average molecular weight is 357 g/mol. The van der Waals surface area contributed by atoms with Gasteiger partial charge in [-0.1, -0.05) is 12.1 Å². The van der Waals surface area contributed by atoms with Crippen LogP contribution in [0.15, 0.2) is 48.5 Å². The van der Waals surface area contributed by atoms with Crippen LogP contribution in [-0.2, 0) is 16.6 Å². The first-order valence-corrected chi connectivity index (χ1v) is 9.61. The molecule has 2 aromatic carbocycles. The van der Waals surface area contributed by atoms with E-state index in [0.717, 1.165) is 11.3 Å². The fourth-order valence-corrected chi connectivity index (χ4v) is 3.33. The van der Waals surface area contributed by atoms with Crippen LogP contribution < -0.4 is 15.5 Å². The van der Waals surface area contributed by atoms with Gasteiger partial charge in [0.05, 0.1) is 0 Å². The van der Waals surface area contributed by atoms with Crippen molar-refractivity contribution >= 4 is 34.1 Å². The second-order valence-electron chi connectivity index (χ2n) is 5.80. The molecule has 6 nitrogen and oxygen atoms in total. The van der Waals surface area contributed by atoms with E-state index in [1.807, 2.05) is 6.07 Å². The highest BCUT2D eigenvalue weighted by Crippen LogP contribution is 2.20. The van der Waals surface area contributed by atoms with E-state index < -0.39 is 10.8 Å². The number of anilines is 2. The van der Waals surface area contributed by atoms with E-state index in [4.69, 9.17) is 0 Å². The van der Waals surface area contributed by atoms with Crippen molar-refractivity contribution in [2.45, 2.75) is 5.75 Å². The number of amides is 3. The molecule has 0 unspecified atom stereocenters. The normalized spacial score (nSPS) is 14.9. The van der Waals surface area contributed by atoms with Gasteiger partial charge in [-0.2, -0.15) is 0 Å². The lowest BCUT2D eigenvalue weighted by Gasteiger charge is -2.14. The zero-order valence-electron chi connectivity index (χ0n) is 13.8. The first-order valence-electron chi connectivity index (χ1n) is 7.89. The van der Waals surface area contributed by atoms with Gasteiger partial charge in [0.1, 0.15) is 0 Å². The molecule has 1 atom stereocenters. The summed E-state index contributed by atoms with van der Waals surface area (Å²) in [5.41, 5.74) is 2.83. The molecule has 0 aromatic heterocycles. The predicted molar refractivity (Wildman–Crippen MR) is 99.4 cm³/mol. The predicted octanol–water partition coefficient (Wildman–Crippen LogP) is 2.35. The van der Waals surface area contributed by atoms with E-state index in [1.165, 1.54) is 0 Å². The second-order valence-corrected chi connectivity index (χ2v) is 7.24. The van der Waals surface area contributed by atoms with Crippen LogP contribution in [0.2, 0.25) is 0 Å². The van der Waals surface area contributed by atoms with Gasteiger partial charge in [0, 0.05) is 52.8 Å². The summed E-state index contributed by atoms with van der Waals surface area (Å²) in [6.07, 6.45) is 1.63. The third-order valence-corrected chi connectivity index (χ3v) is 4.59. The number of carbonyl (C=O) groups excluding carboxylic acids is 2. The van der Waals surface area contributed by atoms with Crippen molar-refractivity contribution in [3.05, 3.63) is 59.7 Å². The molecular formula is C18H19N3O3S. The molecule has 1 fully saturated rings. The number of rotatable bonds is 5. The number of hydrogen-bond donors (Lipinski definition) is 2. The average Bonchev–Trinajstić information content (AvgIpc) is 3.01. The molecule has 0 saturated carbocycles. The molecule has 1 saturated heterocycles. The molecule has 0 bridgehead atoms. The van der Waals surface area contributed by atoms with Gasteiger partial charge >= 0.3 is 6.03 Å². The Hall–Kier alpha value is -2.67. The van der Waals surface area contributed by atoms with E-state index in [2.05, 4.69) is 10.6 Å². The summed E-state index contributed by atoms with van der Waals surface area (Å²) in [6, 6.07) is 14.1. The topological polar surface area (TPSA) is 78.5 Å². The van der Waals surface area contributed by atoms with Crippen molar-refractivity contribution in [3.8, 4) is 0 Å². The molecule has 1 aliphatic heterocycles. The summed E-state index contributed by atoms with van der Waals surface area (Å²) >= 11 is 0. The van der Waals surface area contributed by atoms with Crippen molar-refractivity contribution < 1.29 is 13.8 Å². The molecule has 1 heterocycles. The number of urea groups is 1. The lowest BCUT2D eigenvalue weighted by Crippen LogP contribution is -2.27. The van der Waals surface area contributed by atoms with E-state index in [-0.39, 0.29) is 11.9 Å². The highest BCUT2D eigenvalue weighted by atomic mass is 32.2. The van der Waals surface area contributed by atoms with Gasteiger partial charge in [0.25, 0.3) is 5.91 Å². The Kier molecular flexibility index (Phi) is 5.14. The number of benzene rings is 2. The first kappa shape index (κ1) is 17.2. The fraction of sp³-hybridized carbons (Fsp3) is 0.222. The van der Waals surface area contributed by atoms with Crippen LogP contribution in [0.1, 0.15) is 15.9 Å². The largest absolute Gasteiger partial charge is 0.336 e. The lowest BCUT2D eigenvalue weighted by molar-refractivity contribution is 0.102. The third-order valence-electron chi connectivity index (χ3n) is 3.85. The van der Waals surface area contributed by atoms with Gasteiger partial charge in [-0.25, -0.2) is 4.79 Å². The minimum atomic E-state index is -0.952. The molecular weight excluding hydrogens is 338 g/mol. The molecule has 7 heteroatoms. The van der Waals surface area contributed by atoms with E-state index >= 15 is 0 Å². The quantitative estimate of drug-likeness (QED) is 0.862. The second kappa shape index (κ2) is 7.48. The highest BCUT2D eigenvalue weighted by molar-refractivity contribution is 7.83. The zero-order chi connectivity index (χ0) is 17.8. The number of nitrogens with zero attached hydrogens (tertiary/aromatic N) is 1. The van der Waals surface area contributed by atoms with Crippen LogP contribution >= 0.6 is 0 Å². The Balaban J connectivity index is 1.68. The summed E-state index contributed by atoms with van der Waals surface area (Å²) in [5.74, 6) is 0.198. The Morgan fingerprint density at radius 1 is 1.24 bits per heavy atom.